The Balaban J connectivity index is 2.91. The summed E-state index contributed by atoms with van der Waals surface area (Å²) in [6, 6.07) is 0.938. The van der Waals surface area contributed by atoms with E-state index in [-0.39, 0.29) is 5.56 Å². The van der Waals surface area contributed by atoms with Gasteiger partial charge in [0.2, 0.25) is 0 Å². The number of rotatable bonds is 3. The number of benzene rings is 1. The van der Waals surface area contributed by atoms with Crippen LogP contribution in [0.4, 0.5) is 22.0 Å². The van der Waals surface area contributed by atoms with Gasteiger partial charge < -0.3 is 0 Å². The Morgan fingerprint density at radius 3 is 2.38 bits per heavy atom. The lowest BCUT2D eigenvalue weighted by molar-refractivity contribution is -0.155. The Morgan fingerprint density at radius 2 is 1.88 bits per heavy atom. The number of halogens is 5. The van der Waals surface area contributed by atoms with Crippen molar-refractivity contribution in [1.29, 1.82) is 0 Å². The molecular weight excluding hydrogens is 231 g/mol. The van der Waals surface area contributed by atoms with E-state index in [0.717, 1.165) is 18.2 Å². The minimum Gasteiger partial charge on any atom is -0.271 e. The highest BCUT2D eigenvalue weighted by molar-refractivity contribution is 5.20. The van der Waals surface area contributed by atoms with Gasteiger partial charge in [-0.15, -0.1) is 0 Å². The second-order valence-electron chi connectivity index (χ2n) is 3.18. The third kappa shape index (κ3) is 2.89. The van der Waals surface area contributed by atoms with Crippen molar-refractivity contribution in [1.82, 2.24) is 5.43 Å². The fourth-order valence-electron chi connectivity index (χ4n) is 1.20. The summed E-state index contributed by atoms with van der Waals surface area (Å²) >= 11 is 0. The van der Waals surface area contributed by atoms with E-state index in [9.17, 15) is 22.0 Å². The SMILES string of the molecule is NNC(Cc1cccc(F)c1F)C(F)(F)F. The first kappa shape index (κ1) is 12.9. The topological polar surface area (TPSA) is 38.0 Å². The lowest BCUT2D eigenvalue weighted by atomic mass is 10.1. The molecule has 1 atom stereocenters. The van der Waals surface area contributed by atoms with Crippen molar-refractivity contribution >= 4 is 0 Å². The quantitative estimate of drug-likeness (QED) is 0.481. The molecule has 0 fully saturated rings. The van der Waals surface area contributed by atoms with Crippen LogP contribution in [-0.4, -0.2) is 12.2 Å². The van der Waals surface area contributed by atoms with Crippen LogP contribution in [0.2, 0.25) is 0 Å². The van der Waals surface area contributed by atoms with Crippen LogP contribution in [0.25, 0.3) is 0 Å². The van der Waals surface area contributed by atoms with Crippen LogP contribution in [0.15, 0.2) is 18.2 Å². The van der Waals surface area contributed by atoms with Crippen LogP contribution < -0.4 is 11.3 Å². The molecule has 7 heteroatoms. The zero-order valence-corrected chi connectivity index (χ0v) is 7.98. The zero-order valence-electron chi connectivity index (χ0n) is 7.98. The molecule has 1 aromatic rings. The number of hydrazine groups is 1. The molecule has 0 bridgehead atoms. The standard InChI is InChI=1S/C9H9F5N2/c10-6-3-1-2-5(8(6)11)4-7(16-15)9(12,13)14/h1-3,7,16H,4,15H2. The molecule has 0 spiro atoms. The summed E-state index contributed by atoms with van der Waals surface area (Å²) in [7, 11) is 0. The maximum Gasteiger partial charge on any atom is 0.405 e. The molecule has 2 nitrogen and oxygen atoms in total. The lowest BCUT2D eigenvalue weighted by Gasteiger charge is -2.19. The zero-order chi connectivity index (χ0) is 12.3. The summed E-state index contributed by atoms with van der Waals surface area (Å²) in [5.74, 6) is 2.24. The van der Waals surface area contributed by atoms with Gasteiger partial charge in [-0.1, -0.05) is 12.1 Å². The predicted octanol–water partition coefficient (Wildman–Crippen LogP) is 1.90. The number of hydrogen-bond acceptors (Lipinski definition) is 2. The average molecular weight is 240 g/mol. The molecule has 0 aliphatic rings. The molecule has 0 saturated heterocycles. The minimum absolute atomic E-state index is 0.375. The third-order valence-corrected chi connectivity index (χ3v) is 2.05. The highest BCUT2D eigenvalue weighted by Crippen LogP contribution is 2.24. The van der Waals surface area contributed by atoms with Gasteiger partial charge in [0, 0.05) is 6.42 Å². The van der Waals surface area contributed by atoms with Crippen LogP contribution in [0, 0.1) is 11.6 Å². The van der Waals surface area contributed by atoms with E-state index >= 15 is 0 Å². The monoisotopic (exact) mass is 240 g/mol. The van der Waals surface area contributed by atoms with Crippen LogP contribution in [-0.2, 0) is 6.42 Å². The summed E-state index contributed by atoms with van der Waals surface area (Å²) in [5, 5.41) is 0. The molecule has 0 aliphatic heterocycles. The molecule has 0 saturated carbocycles. The van der Waals surface area contributed by atoms with Crippen molar-refractivity contribution in [3.8, 4) is 0 Å². The summed E-state index contributed by atoms with van der Waals surface area (Å²) in [5.41, 5.74) is 1.15. The van der Waals surface area contributed by atoms with Gasteiger partial charge in [-0.05, 0) is 11.6 Å². The fourth-order valence-corrected chi connectivity index (χ4v) is 1.20. The smallest absolute Gasteiger partial charge is 0.271 e. The van der Waals surface area contributed by atoms with Gasteiger partial charge in [-0.2, -0.15) is 13.2 Å². The molecule has 0 aliphatic carbocycles. The molecule has 90 valence electrons. The number of hydrogen-bond donors (Lipinski definition) is 2. The van der Waals surface area contributed by atoms with E-state index in [1.807, 2.05) is 0 Å². The summed E-state index contributed by atoms with van der Waals surface area (Å²) in [6.45, 7) is 0. The van der Waals surface area contributed by atoms with Gasteiger partial charge in [0.25, 0.3) is 0 Å². The summed E-state index contributed by atoms with van der Waals surface area (Å²) in [6.07, 6.45) is -5.38. The predicted molar refractivity (Wildman–Crippen MR) is 47.2 cm³/mol. The first-order valence-electron chi connectivity index (χ1n) is 4.32. The molecule has 3 N–H and O–H groups in total. The van der Waals surface area contributed by atoms with Crippen LogP contribution >= 0.6 is 0 Å². The Labute approximate surface area is 88.2 Å². The molecule has 1 unspecified atom stereocenters. The van der Waals surface area contributed by atoms with E-state index < -0.39 is 30.3 Å². The Hall–Kier alpha value is -1.21. The van der Waals surface area contributed by atoms with Gasteiger partial charge in [0.05, 0.1) is 0 Å². The normalized spacial score (nSPS) is 13.9. The molecule has 1 aromatic carbocycles. The van der Waals surface area contributed by atoms with Gasteiger partial charge in [0.15, 0.2) is 11.6 Å². The maximum absolute atomic E-state index is 13.1. The van der Waals surface area contributed by atoms with Crippen molar-refractivity contribution < 1.29 is 22.0 Å². The molecular formula is C9H9F5N2. The highest BCUT2D eigenvalue weighted by atomic mass is 19.4. The molecule has 16 heavy (non-hydrogen) atoms. The molecule has 0 amide bonds. The largest absolute Gasteiger partial charge is 0.405 e. The second-order valence-corrected chi connectivity index (χ2v) is 3.18. The van der Waals surface area contributed by atoms with Crippen LogP contribution in [0.3, 0.4) is 0 Å². The van der Waals surface area contributed by atoms with Crippen molar-refractivity contribution in [3.63, 3.8) is 0 Å². The van der Waals surface area contributed by atoms with Crippen molar-refractivity contribution in [3.05, 3.63) is 35.4 Å². The lowest BCUT2D eigenvalue weighted by Crippen LogP contribution is -2.47. The van der Waals surface area contributed by atoms with Crippen molar-refractivity contribution in [2.45, 2.75) is 18.6 Å². The van der Waals surface area contributed by atoms with Crippen LogP contribution in [0.5, 0.6) is 0 Å². The van der Waals surface area contributed by atoms with Crippen LogP contribution in [0.1, 0.15) is 5.56 Å². The molecule has 0 aromatic heterocycles. The summed E-state index contributed by atoms with van der Waals surface area (Å²) < 4.78 is 62.6. The first-order chi connectivity index (χ1) is 7.36. The minimum atomic E-state index is -4.62. The van der Waals surface area contributed by atoms with E-state index in [1.54, 1.807) is 0 Å². The highest BCUT2D eigenvalue weighted by Gasteiger charge is 2.39. The number of nitrogens with two attached hydrogens (primary N) is 1. The van der Waals surface area contributed by atoms with Gasteiger partial charge in [-0.3, -0.25) is 5.84 Å². The van der Waals surface area contributed by atoms with Crippen molar-refractivity contribution in [2.24, 2.45) is 5.84 Å². The van der Waals surface area contributed by atoms with Gasteiger partial charge >= 0.3 is 6.18 Å². The fraction of sp³-hybridized carbons (Fsp3) is 0.333. The van der Waals surface area contributed by atoms with Crippen molar-refractivity contribution in [2.75, 3.05) is 0 Å². The average Bonchev–Trinajstić information content (AvgIpc) is 2.18. The third-order valence-electron chi connectivity index (χ3n) is 2.05. The molecule has 0 radical (unpaired) electrons. The number of nitrogens with one attached hydrogen (secondary N) is 1. The first-order valence-corrected chi connectivity index (χ1v) is 4.32. The van der Waals surface area contributed by atoms with E-state index in [4.69, 9.17) is 5.84 Å². The van der Waals surface area contributed by atoms with Gasteiger partial charge in [0.1, 0.15) is 6.04 Å². The Bertz CT molecular complexity index is 363. The summed E-state index contributed by atoms with van der Waals surface area (Å²) in [4.78, 5) is 0. The van der Waals surface area contributed by atoms with Gasteiger partial charge in [-0.25, -0.2) is 14.2 Å². The molecule has 0 heterocycles. The Morgan fingerprint density at radius 1 is 1.25 bits per heavy atom. The Kier molecular flexibility index (Phi) is 3.82. The van der Waals surface area contributed by atoms with E-state index in [0.29, 0.717) is 0 Å². The van der Waals surface area contributed by atoms with E-state index in [2.05, 4.69) is 0 Å². The number of alkyl halides is 3. The maximum atomic E-state index is 13.1. The molecule has 1 rings (SSSR count). The second kappa shape index (κ2) is 4.75. The van der Waals surface area contributed by atoms with E-state index in [1.165, 1.54) is 5.43 Å².